The predicted octanol–water partition coefficient (Wildman–Crippen LogP) is 2.88. The summed E-state index contributed by atoms with van der Waals surface area (Å²) in [7, 11) is 3.79. The van der Waals surface area contributed by atoms with Gasteiger partial charge in [-0.25, -0.2) is 0 Å². The SMILES string of the molecule is CN=C(NCCc1ccco1)N(C)Cc1ccc2c(c1)OCO2.I. The van der Waals surface area contributed by atoms with Crippen molar-refractivity contribution in [1.82, 2.24) is 10.2 Å². The highest BCUT2D eigenvalue weighted by atomic mass is 127. The summed E-state index contributed by atoms with van der Waals surface area (Å²) in [4.78, 5) is 6.39. The Bertz CT molecular complexity index is 674. The van der Waals surface area contributed by atoms with Gasteiger partial charge in [-0.15, -0.1) is 24.0 Å². The lowest BCUT2D eigenvalue weighted by Crippen LogP contribution is -2.39. The lowest BCUT2D eigenvalue weighted by atomic mass is 10.2. The van der Waals surface area contributed by atoms with Crippen molar-refractivity contribution in [3.8, 4) is 11.5 Å². The van der Waals surface area contributed by atoms with Gasteiger partial charge in [0.15, 0.2) is 17.5 Å². The molecule has 6 nitrogen and oxygen atoms in total. The fourth-order valence-corrected chi connectivity index (χ4v) is 2.53. The van der Waals surface area contributed by atoms with Gasteiger partial charge in [0.2, 0.25) is 6.79 Å². The molecular formula is C17H22IN3O3. The highest BCUT2D eigenvalue weighted by Crippen LogP contribution is 2.32. The van der Waals surface area contributed by atoms with Crippen molar-refractivity contribution in [3.05, 3.63) is 47.9 Å². The van der Waals surface area contributed by atoms with Crippen LogP contribution in [0.5, 0.6) is 11.5 Å². The molecule has 0 saturated carbocycles. The van der Waals surface area contributed by atoms with Crippen LogP contribution in [0.25, 0.3) is 0 Å². The molecular weight excluding hydrogens is 421 g/mol. The molecule has 1 aromatic heterocycles. The van der Waals surface area contributed by atoms with Gasteiger partial charge < -0.3 is 24.1 Å². The van der Waals surface area contributed by atoms with Crippen molar-refractivity contribution in [1.29, 1.82) is 0 Å². The highest BCUT2D eigenvalue weighted by molar-refractivity contribution is 14.0. The molecule has 0 aliphatic carbocycles. The van der Waals surface area contributed by atoms with Crippen LogP contribution in [0.4, 0.5) is 0 Å². The molecule has 7 heteroatoms. The summed E-state index contributed by atoms with van der Waals surface area (Å²) in [6.45, 7) is 1.80. The second-order valence-corrected chi connectivity index (χ2v) is 5.35. The third kappa shape index (κ3) is 4.56. The van der Waals surface area contributed by atoms with Crippen molar-refractivity contribution < 1.29 is 13.9 Å². The number of aliphatic imine (C=N–C) groups is 1. The molecule has 1 aromatic carbocycles. The van der Waals surface area contributed by atoms with Crippen LogP contribution in [0.1, 0.15) is 11.3 Å². The van der Waals surface area contributed by atoms with Crippen LogP contribution in [0.3, 0.4) is 0 Å². The number of rotatable bonds is 5. The summed E-state index contributed by atoms with van der Waals surface area (Å²) < 4.78 is 16.1. The van der Waals surface area contributed by atoms with Gasteiger partial charge in [0.25, 0.3) is 0 Å². The number of hydrogen-bond acceptors (Lipinski definition) is 4. The molecule has 0 saturated heterocycles. The Morgan fingerprint density at radius 2 is 2.08 bits per heavy atom. The molecule has 0 bridgehead atoms. The van der Waals surface area contributed by atoms with Crippen molar-refractivity contribution in [2.75, 3.05) is 27.4 Å². The van der Waals surface area contributed by atoms with E-state index < -0.39 is 0 Å². The zero-order chi connectivity index (χ0) is 16.1. The first kappa shape index (κ1) is 18.4. The number of guanidine groups is 1. The summed E-state index contributed by atoms with van der Waals surface area (Å²) in [6.07, 6.45) is 2.51. The minimum absolute atomic E-state index is 0. The van der Waals surface area contributed by atoms with Crippen LogP contribution < -0.4 is 14.8 Å². The van der Waals surface area contributed by atoms with Gasteiger partial charge in [0.05, 0.1) is 6.26 Å². The van der Waals surface area contributed by atoms with Crippen LogP contribution in [-0.4, -0.2) is 38.3 Å². The molecule has 1 aliphatic rings. The van der Waals surface area contributed by atoms with Gasteiger partial charge in [-0.2, -0.15) is 0 Å². The first-order chi connectivity index (χ1) is 11.3. The Kier molecular flexibility index (Phi) is 6.77. The monoisotopic (exact) mass is 443 g/mol. The summed E-state index contributed by atoms with van der Waals surface area (Å²) in [5, 5.41) is 3.34. The molecule has 1 aliphatic heterocycles. The van der Waals surface area contributed by atoms with Gasteiger partial charge in [-0.3, -0.25) is 4.99 Å². The molecule has 130 valence electrons. The number of nitrogens with one attached hydrogen (secondary N) is 1. The molecule has 24 heavy (non-hydrogen) atoms. The Morgan fingerprint density at radius 3 is 2.83 bits per heavy atom. The standard InChI is InChI=1S/C17H21N3O3.HI/c1-18-17(19-8-7-14-4-3-9-21-14)20(2)11-13-5-6-15-16(10-13)23-12-22-15;/h3-6,9-10H,7-8,11-12H2,1-2H3,(H,18,19);1H. The van der Waals surface area contributed by atoms with E-state index in [2.05, 4.69) is 15.2 Å². The maximum atomic E-state index is 5.42. The molecule has 0 radical (unpaired) electrons. The minimum Gasteiger partial charge on any atom is -0.469 e. The summed E-state index contributed by atoms with van der Waals surface area (Å²) in [6, 6.07) is 9.87. The van der Waals surface area contributed by atoms with Crippen molar-refractivity contribution in [2.24, 2.45) is 4.99 Å². The fourth-order valence-electron chi connectivity index (χ4n) is 2.53. The van der Waals surface area contributed by atoms with E-state index in [1.165, 1.54) is 0 Å². The Hall–Kier alpha value is -1.90. The number of benzene rings is 1. The van der Waals surface area contributed by atoms with E-state index in [-0.39, 0.29) is 24.0 Å². The lowest BCUT2D eigenvalue weighted by Gasteiger charge is -2.22. The van der Waals surface area contributed by atoms with E-state index in [0.29, 0.717) is 6.79 Å². The number of ether oxygens (including phenoxy) is 2. The second-order valence-electron chi connectivity index (χ2n) is 5.35. The molecule has 0 unspecified atom stereocenters. The van der Waals surface area contributed by atoms with Gasteiger partial charge in [-0.1, -0.05) is 6.07 Å². The smallest absolute Gasteiger partial charge is 0.231 e. The Balaban J connectivity index is 0.00000208. The van der Waals surface area contributed by atoms with Crippen molar-refractivity contribution in [2.45, 2.75) is 13.0 Å². The normalized spacial score (nSPS) is 12.7. The molecule has 3 rings (SSSR count). The van der Waals surface area contributed by atoms with Crippen LogP contribution in [0.2, 0.25) is 0 Å². The van der Waals surface area contributed by atoms with Crippen LogP contribution in [0, 0.1) is 0 Å². The maximum Gasteiger partial charge on any atom is 0.231 e. The molecule has 2 heterocycles. The molecule has 2 aromatic rings. The van der Waals surface area contributed by atoms with E-state index in [9.17, 15) is 0 Å². The molecule has 0 spiro atoms. The second kappa shape index (κ2) is 8.81. The third-order valence-electron chi connectivity index (χ3n) is 3.66. The number of halogens is 1. The first-order valence-electron chi connectivity index (χ1n) is 7.59. The summed E-state index contributed by atoms with van der Waals surface area (Å²) >= 11 is 0. The van der Waals surface area contributed by atoms with Gasteiger partial charge in [0, 0.05) is 33.6 Å². The lowest BCUT2D eigenvalue weighted by molar-refractivity contribution is 0.174. The fraction of sp³-hybridized carbons (Fsp3) is 0.353. The number of hydrogen-bond donors (Lipinski definition) is 1. The first-order valence-corrected chi connectivity index (χ1v) is 7.59. The Labute approximate surface area is 158 Å². The summed E-state index contributed by atoms with van der Waals surface area (Å²) in [5.74, 6) is 3.41. The third-order valence-corrected chi connectivity index (χ3v) is 3.66. The van der Waals surface area contributed by atoms with E-state index >= 15 is 0 Å². The molecule has 0 amide bonds. The number of fused-ring (bicyclic) bond motifs is 1. The van der Waals surface area contributed by atoms with Gasteiger partial charge >= 0.3 is 0 Å². The Morgan fingerprint density at radius 1 is 1.25 bits per heavy atom. The van der Waals surface area contributed by atoms with Crippen molar-refractivity contribution in [3.63, 3.8) is 0 Å². The maximum absolute atomic E-state index is 5.42. The summed E-state index contributed by atoms with van der Waals surface area (Å²) in [5.41, 5.74) is 1.14. The minimum atomic E-state index is 0. The van der Waals surface area contributed by atoms with Crippen molar-refractivity contribution >= 4 is 29.9 Å². The van der Waals surface area contributed by atoms with Gasteiger partial charge in [0.1, 0.15) is 5.76 Å². The largest absolute Gasteiger partial charge is 0.469 e. The van der Waals surface area contributed by atoms with Crippen LogP contribution in [0.15, 0.2) is 46.0 Å². The zero-order valence-corrected chi connectivity index (χ0v) is 16.2. The van der Waals surface area contributed by atoms with E-state index in [1.807, 2.05) is 37.4 Å². The molecule has 0 fully saturated rings. The topological polar surface area (TPSA) is 59.2 Å². The highest BCUT2D eigenvalue weighted by Gasteiger charge is 2.14. The quantitative estimate of drug-likeness (QED) is 0.438. The zero-order valence-electron chi connectivity index (χ0n) is 13.8. The number of furan rings is 1. The average molecular weight is 443 g/mol. The molecule has 0 atom stereocenters. The van der Waals surface area contributed by atoms with Crippen LogP contribution in [-0.2, 0) is 13.0 Å². The van der Waals surface area contributed by atoms with E-state index in [0.717, 1.165) is 48.3 Å². The van der Waals surface area contributed by atoms with E-state index in [4.69, 9.17) is 13.9 Å². The van der Waals surface area contributed by atoms with E-state index in [1.54, 1.807) is 13.3 Å². The molecule has 1 N–H and O–H groups in total. The average Bonchev–Trinajstić information content (AvgIpc) is 3.22. The predicted molar refractivity (Wildman–Crippen MR) is 103 cm³/mol. The number of nitrogens with zero attached hydrogens (tertiary/aromatic N) is 2. The van der Waals surface area contributed by atoms with Gasteiger partial charge in [-0.05, 0) is 29.8 Å². The van der Waals surface area contributed by atoms with Crippen LogP contribution >= 0.6 is 24.0 Å².